The predicted molar refractivity (Wildman–Crippen MR) is 111 cm³/mol. The molecule has 1 aromatic rings. The summed E-state index contributed by atoms with van der Waals surface area (Å²) in [6.45, 7) is 11.7. The molecule has 0 saturated heterocycles. The third-order valence-electron chi connectivity index (χ3n) is 4.05. The third kappa shape index (κ3) is 9.77. The van der Waals surface area contributed by atoms with Crippen molar-refractivity contribution in [3.05, 3.63) is 79.3 Å². The van der Waals surface area contributed by atoms with Gasteiger partial charge in [-0.2, -0.15) is 0 Å². The number of rotatable bonds is 13. The summed E-state index contributed by atoms with van der Waals surface area (Å²) >= 11 is 0. The van der Waals surface area contributed by atoms with E-state index < -0.39 is 0 Å². The van der Waals surface area contributed by atoms with Crippen LogP contribution in [0.25, 0.3) is 0 Å². The lowest BCUT2D eigenvalue weighted by Crippen LogP contribution is -2.30. The first-order chi connectivity index (χ1) is 12.5. The first-order valence-corrected chi connectivity index (χ1v) is 9.34. The molecule has 0 radical (unpaired) electrons. The predicted octanol–water partition coefficient (Wildman–Crippen LogP) is 5.18. The average molecular weight is 353 g/mol. The number of hydrogen-bond acceptors (Lipinski definition) is 3. The zero-order valence-electron chi connectivity index (χ0n) is 16.2. The Morgan fingerprint density at radius 1 is 1.23 bits per heavy atom. The highest BCUT2D eigenvalue weighted by Gasteiger charge is 2.11. The number of carbonyl (C=O) groups excluding carboxylic acids is 1. The molecule has 1 rings (SSSR count). The van der Waals surface area contributed by atoms with E-state index in [9.17, 15) is 4.79 Å². The van der Waals surface area contributed by atoms with Crippen molar-refractivity contribution < 1.29 is 4.79 Å². The molecule has 0 spiro atoms. The molecule has 140 valence electrons. The normalized spacial score (nSPS) is 12.6. The molecule has 1 unspecified atom stereocenters. The summed E-state index contributed by atoms with van der Waals surface area (Å²) < 4.78 is 0. The first-order valence-electron chi connectivity index (χ1n) is 9.34. The second-order valence-corrected chi connectivity index (χ2v) is 6.73. The lowest BCUT2D eigenvalue weighted by atomic mass is 10.0. The van der Waals surface area contributed by atoms with E-state index in [-0.39, 0.29) is 12.0 Å². The van der Waals surface area contributed by atoms with E-state index in [4.69, 9.17) is 0 Å². The molecule has 0 aliphatic carbocycles. The Labute approximate surface area is 158 Å². The minimum absolute atomic E-state index is 0.113. The lowest BCUT2D eigenvalue weighted by Gasteiger charge is -2.20. The monoisotopic (exact) mass is 352 g/mol. The van der Waals surface area contributed by atoms with Gasteiger partial charge in [-0.15, -0.1) is 0 Å². The molecule has 3 nitrogen and oxygen atoms in total. The van der Waals surface area contributed by atoms with Gasteiger partial charge in [-0.05, 0) is 31.4 Å². The Morgan fingerprint density at radius 3 is 2.69 bits per heavy atom. The van der Waals surface area contributed by atoms with Crippen LogP contribution in [0.5, 0.6) is 0 Å². The van der Waals surface area contributed by atoms with E-state index >= 15 is 0 Å². The van der Waals surface area contributed by atoms with E-state index in [1.165, 1.54) is 0 Å². The van der Waals surface area contributed by atoms with Crippen molar-refractivity contribution in [1.82, 2.24) is 10.3 Å². The van der Waals surface area contributed by atoms with Gasteiger partial charge in [0.05, 0.1) is 0 Å². The van der Waals surface area contributed by atoms with Crippen LogP contribution in [-0.2, 0) is 11.2 Å². The molecule has 0 saturated carbocycles. The van der Waals surface area contributed by atoms with Gasteiger partial charge in [-0.1, -0.05) is 63.5 Å². The summed E-state index contributed by atoms with van der Waals surface area (Å²) in [6.07, 6.45) is 15.6. The number of pyridine rings is 1. The zero-order valence-corrected chi connectivity index (χ0v) is 16.2. The summed E-state index contributed by atoms with van der Waals surface area (Å²) in [4.78, 5) is 16.2. The van der Waals surface area contributed by atoms with Crippen molar-refractivity contribution in [2.24, 2.45) is 5.92 Å². The molecule has 0 aromatic carbocycles. The second kappa shape index (κ2) is 12.9. The van der Waals surface area contributed by atoms with Gasteiger partial charge in [-0.3, -0.25) is 9.78 Å². The highest BCUT2D eigenvalue weighted by Crippen LogP contribution is 2.11. The van der Waals surface area contributed by atoms with E-state index in [1.54, 1.807) is 6.08 Å². The fourth-order valence-electron chi connectivity index (χ4n) is 2.55. The molecular weight excluding hydrogens is 320 g/mol. The largest absolute Gasteiger partial charge is 0.385 e. The Hall–Kier alpha value is -2.42. The van der Waals surface area contributed by atoms with Crippen LogP contribution >= 0.6 is 0 Å². The van der Waals surface area contributed by atoms with E-state index in [0.717, 1.165) is 37.1 Å². The van der Waals surface area contributed by atoms with Crippen molar-refractivity contribution in [1.29, 1.82) is 0 Å². The summed E-state index contributed by atoms with van der Waals surface area (Å²) in [5, 5.41) is 3.52. The quantitative estimate of drug-likeness (QED) is 0.497. The van der Waals surface area contributed by atoms with Crippen LogP contribution in [0, 0.1) is 5.92 Å². The minimum Gasteiger partial charge on any atom is -0.385 e. The molecular formula is C23H32N2O. The number of nitrogens with zero attached hydrogens (tertiary/aromatic N) is 1. The second-order valence-electron chi connectivity index (χ2n) is 6.73. The van der Waals surface area contributed by atoms with Crippen LogP contribution < -0.4 is 5.32 Å². The number of hydrogen-bond donors (Lipinski definition) is 1. The lowest BCUT2D eigenvalue weighted by molar-refractivity contribution is -0.121. The van der Waals surface area contributed by atoms with Crippen LogP contribution in [0.1, 0.15) is 45.2 Å². The highest BCUT2D eigenvalue weighted by atomic mass is 16.1. The zero-order chi connectivity index (χ0) is 19.2. The van der Waals surface area contributed by atoms with E-state index in [0.29, 0.717) is 12.2 Å². The topological polar surface area (TPSA) is 42.0 Å². The standard InChI is InChI=1S/C23H32N2O/c1-5-6-7-8-9-15-22(18-21-14-10-11-17-24-21)25-20(4)13-12-16-23(26)19(2)3/h5-11,14,17,19,22,25H,1,4,12-13,15-16,18H2,2-3H3/b7-6-,9-8-. The van der Waals surface area contributed by atoms with Crippen molar-refractivity contribution >= 4 is 5.78 Å². The smallest absolute Gasteiger partial charge is 0.135 e. The first kappa shape index (κ1) is 21.6. The van der Waals surface area contributed by atoms with Crippen LogP contribution in [0.4, 0.5) is 0 Å². The molecule has 0 aliphatic heterocycles. The molecule has 26 heavy (non-hydrogen) atoms. The molecule has 0 amide bonds. The number of carbonyl (C=O) groups is 1. The summed E-state index contributed by atoms with van der Waals surface area (Å²) in [7, 11) is 0. The molecule has 3 heteroatoms. The maximum absolute atomic E-state index is 11.7. The summed E-state index contributed by atoms with van der Waals surface area (Å²) in [5.41, 5.74) is 2.04. The van der Waals surface area contributed by atoms with Crippen molar-refractivity contribution in [3.8, 4) is 0 Å². The van der Waals surface area contributed by atoms with Gasteiger partial charge < -0.3 is 5.32 Å². The number of nitrogens with one attached hydrogen (secondary N) is 1. The molecule has 1 heterocycles. The van der Waals surface area contributed by atoms with Crippen LogP contribution in [-0.4, -0.2) is 16.8 Å². The van der Waals surface area contributed by atoms with Crippen molar-refractivity contribution in [3.63, 3.8) is 0 Å². The van der Waals surface area contributed by atoms with Crippen LogP contribution in [0.2, 0.25) is 0 Å². The van der Waals surface area contributed by atoms with Crippen molar-refractivity contribution in [2.75, 3.05) is 0 Å². The van der Waals surface area contributed by atoms with Gasteiger partial charge in [0, 0.05) is 42.4 Å². The molecule has 1 atom stereocenters. The maximum Gasteiger partial charge on any atom is 0.135 e. The number of Topliss-reactive ketones (excluding diaryl/α,β-unsaturated/α-hetero) is 1. The highest BCUT2D eigenvalue weighted by molar-refractivity contribution is 5.80. The van der Waals surface area contributed by atoms with Gasteiger partial charge in [0.2, 0.25) is 0 Å². The Balaban J connectivity index is 2.55. The number of aromatic nitrogens is 1. The molecule has 0 fully saturated rings. The number of allylic oxidation sites excluding steroid dienone is 5. The number of ketones is 1. The fourth-order valence-corrected chi connectivity index (χ4v) is 2.55. The average Bonchev–Trinajstić information content (AvgIpc) is 2.62. The van der Waals surface area contributed by atoms with Crippen LogP contribution in [0.3, 0.4) is 0 Å². The molecule has 0 bridgehead atoms. The van der Waals surface area contributed by atoms with E-state index in [1.807, 2.05) is 56.5 Å². The van der Waals surface area contributed by atoms with Gasteiger partial charge in [0.25, 0.3) is 0 Å². The third-order valence-corrected chi connectivity index (χ3v) is 4.05. The van der Waals surface area contributed by atoms with Gasteiger partial charge >= 0.3 is 0 Å². The van der Waals surface area contributed by atoms with E-state index in [2.05, 4.69) is 29.5 Å². The molecule has 0 aliphatic rings. The summed E-state index contributed by atoms with van der Waals surface area (Å²) in [6, 6.07) is 6.21. The maximum atomic E-state index is 11.7. The van der Waals surface area contributed by atoms with Gasteiger partial charge in [0.1, 0.15) is 5.78 Å². The fraction of sp³-hybridized carbons (Fsp3) is 0.391. The Morgan fingerprint density at radius 2 is 2.04 bits per heavy atom. The van der Waals surface area contributed by atoms with Gasteiger partial charge in [-0.25, -0.2) is 0 Å². The minimum atomic E-state index is 0.113. The summed E-state index contributed by atoms with van der Waals surface area (Å²) in [5.74, 6) is 0.432. The molecule has 1 N–H and O–H groups in total. The SMILES string of the molecule is C=C/C=C\C=C/CC(Cc1ccccn1)NC(=C)CCCC(=O)C(C)C. The van der Waals surface area contributed by atoms with Gasteiger partial charge in [0.15, 0.2) is 0 Å². The Kier molecular flexibility index (Phi) is 10.7. The molecule has 1 aromatic heterocycles. The Bertz CT molecular complexity index is 614. The van der Waals surface area contributed by atoms with Crippen LogP contribution in [0.15, 0.2) is 73.6 Å². The van der Waals surface area contributed by atoms with Crippen molar-refractivity contribution in [2.45, 2.75) is 52.0 Å².